The van der Waals surface area contributed by atoms with E-state index in [4.69, 9.17) is 9.47 Å². The van der Waals surface area contributed by atoms with Crippen LogP contribution in [0.1, 0.15) is 18.9 Å². The minimum Gasteiger partial charge on any atom is -0.350 e. The van der Waals surface area contributed by atoms with Gasteiger partial charge in [-0.2, -0.15) is 0 Å². The molecule has 1 aromatic heterocycles. The highest BCUT2D eigenvalue weighted by Crippen LogP contribution is 2.27. The first-order valence-electron chi connectivity index (χ1n) is 7.28. The first-order chi connectivity index (χ1) is 9.86. The van der Waals surface area contributed by atoms with Crippen molar-refractivity contribution in [2.24, 2.45) is 0 Å². The number of nitrogens with one attached hydrogen (secondary N) is 1. The summed E-state index contributed by atoms with van der Waals surface area (Å²) >= 11 is 1.83. The van der Waals surface area contributed by atoms with Gasteiger partial charge in [0.2, 0.25) is 0 Å². The van der Waals surface area contributed by atoms with Crippen molar-refractivity contribution in [3.63, 3.8) is 0 Å². The second-order valence-electron chi connectivity index (χ2n) is 5.12. The van der Waals surface area contributed by atoms with Gasteiger partial charge in [0.1, 0.15) is 0 Å². The molecule has 0 amide bonds. The number of fused-ring (bicyclic) bond motifs is 1. The van der Waals surface area contributed by atoms with Gasteiger partial charge in [-0.25, -0.2) is 0 Å². The SMILES string of the molecule is CCNC(Cc1csc2ccccc12)CC1OCCO1. The Morgan fingerprint density at radius 3 is 2.90 bits per heavy atom. The fourth-order valence-electron chi connectivity index (χ4n) is 2.76. The Morgan fingerprint density at radius 2 is 2.10 bits per heavy atom. The normalized spacial score (nSPS) is 17.9. The number of hydrogen-bond donors (Lipinski definition) is 1. The molecule has 2 aromatic rings. The molecule has 3 rings (SSSR count). The molecule has 0 bridgehead atoms. The summed E-state index contributed by atoms with van der Waals surface area (Å²) < 4.78 is 12.5. The van der Waals surface area contributed by atoms with E-state index in [-0.39, 0.29) is 6.29 Å². The maximum Gasteiger partial charge on any atom is 0.159 e. The van der Waals surface area contributed by atoms with Gasteiger partial charge in [0, 0.05) is 17.2 Å². The van der Waals surface area contributed by atoms with Crippen LogP contribution in [0.25, 0.3) is 10.1 Å². The highest BCUT2D eigenvalue weighted by Gasteiger charge is 2.21. The van der Waals surface area contributed by atoms with Crippen molar-refractivity contribution in [3.05, 3.63) is 35.2 Å². The molecule has 1 atom stereocenters. The van der Waals surface area contributed by atoms with Crippen molar-refractivity contribution >= 4 is 21.4 Å². The molecule has 0 saturated carbocycles. The van der Waals surface area contributed by atoms with Gasteiger partial charge in [0.05, 0.1) is 13.2 Å². The number of rotatable bonds is 6. The molecule has 4 heteroatoms. The third-order valence-electron chi connectivity index (χ3n) is 3.69. The van der Waals surface area contributed by atoms with Crippen molar-refractivity contribution in [2.45, 2.75) is 32.1 Å². The minimum absolute atomic E-state index is 0.0380. The Kier molecular flexibility index (Phi) is 4.68. The average molecular weight is 291 g/mol. The van der Waals surface area contributed by atoms with Crippen LogP contribution < -0.4 is 5.32 Å². The zero-order chi connectivity index (χ0) is 13.8. The lowest BCUT2D eigenvalue weighted by molar-refractivity contribution is -0.0525. The van der Waals surface area contributed by atoms with Crippen molar-refractivity contribution in [2.75, 3.05) is 19.8 Å². The van der Waals surface area contributed by atoms with Crippen molar-refractivity contribution < 1.29 is 9.47 Å². The second kappa shape index (κ2) is 6.68. The maximum absolute atomic E-state index is 5.58. The second-order valence-corrected chi connectivity index (χ2v) is 6.03. The van der Waals surface area contributed by atoms with Gasteiger partial charge in [-0.05, 0) is 35.4 Å². The third-order valence-corrected chi connectivity index (χ3v) is 4.70. The Hall–Kier alpha value is -0.940. The van der Waals surface area contributed by atoms with Crippen molar-refractivity contribution in [1.82, 2.24) is 5.32 Å². The van der Waals surface area contributed by atoms with Crippen molar-refractivity contribution in [3.8, 4) is 0 Å². The lowest BCUT2D eigenvalue weighted by Gasteiger charge is -2.20. The molecule has 1 saturated heterocycles. The first-order valence-corrected chi connectivity index (χ1v) is 8.16. The van der Waals surface area contributed by atoms with E-state index in [1.54, 1.807) is 0 Å². The van der Waals surface area contributed by atoms with Gasteiger partial charge >= 0.3 is 0 Å². The molecule has 1 aromatic carbocycles. The summed E-state index contributed by atoms with van der Waals surface area (Å²) in [5, 5.41) is 7.22. The summed E-state index contributed by atoms with van der Waals surface area (Å²) in [6.07, 6.45) is 1.91. The molecule has 1 unspecified atom stereocenters. The van der Waals surface area contributed by atoms with E-state index in [0.29, 0.717) is 6.04 Å². The fourth-order valence-corrected chi connectivity index (χ4v) is 3.74. The third kappa shape index (κ3) is 3.20. The smallest absolute Gasteiger partial charge is 0.159 e. The van der Waals surface area contributed by atoms with Crippen LogP contribution in [-0.4, -0.2) is 32.1 Å². The molecule has 20 heavy (non-hydrogen) atoms. The molecule has 1 aliphatic rings. The molecule has 108 valence electrons. The first kappa shape index (κ1) is 14.0. The molecular formula is C16H21NO2S. The Morgan fingerprint density at radius 1 is 1.30 bits per heavy atom. The van der Waals surface area contributed by atoms with Gasteiger partial charge in [-0.15, -0.1) is 11.3 Å². The quantitative estimate of drug-likeness (QED) is 0.886. The van der Waals surface area contributed by atoms with Crippen LogP contribution >= 0.6 is 11.3 Å². The number of hydrogen-bond acceptors (Lipinski definition) is 4. The molecule has 0 radical (unpaired) electrons. The van der Waals surface area contributed by atoms with Crippen LogP contribution in [0.5, 0.6) is 0 Å². The highest BCUT2D eigenvalue weighted by molar-refractivity contribution is 7.17. The molecule has 3 nitrogen and oxygen atoms in total. The number of thiophene rings is 1. The molecule has 1 fully saturated rings. The van der Waals surface area contributed by atoms with Crippen LogP contribution in [0, 0.1) is 0 Å². The average Bonchev–Trinajstić information content (AvgIpc) is 3.10. The van der Waals surface area contributed by atoms with Gasteiger partial charge in [-0.1, -0.05) is 25.1 Å². The van der Waals surface area contributed by atoms with Crippen LogP contribution in [-0.2, 0) is 15.9 Å². The molecular weight excluding hydrogens is 270 g/mol. The highest BCUT2D eigenvalue weighted by atomic mass is 32.1. The molecule has 0 aliphatic carbocycles. The van der Waals surface area contributed by atoms with Crippen molar-refractivity contribution in [1.29, 1.82) is 0 Å². The summed E-state index contributed by atoms with van der Waals surface area (Å²) in [4.78, 5) is 0. The topological polar surface area (TPSA) is 30.5 Å². The largest absolute Gasteiger partial charge is 0.350 e. The number of ether oxygens (including phenoxy) is 2. The van der Waals surface area contributed by atoms with E-state index in [1.165, 1.54) is 15.6 Å². The summed E-state index contributed by atoms with van der Waals surface area (Å²) in [7, 11) is 0. The van der Waals surface area contributed by atoms with E-state index in [9.17, 15) is 0 Å². The monoisotopic (exact) mass is 291 g/mol. The Balaban J connectivity index is 1.71. The van der Waals surface area contributed by atoms with E-state index in [1.807, 2.05) is 11.3 Å². The lowest BCUT2D eigenvalue weighted by Crippen LogP contribution is -2.34. The summed E-state index contributed by atoms with van der Waals surface area (Å²) in [5.74, 6) is 0. The van der Waals surface area contributed by atoms with Gasteiger partial charge in [0.15, 0.2) is 6.29 Å². The van der Waals surface area contributed by atoms with Gasteiger partial charge in [-0.3, -0.25) is 0 Å². The predicted octanol–water partition coefficient (Wildman–Crippen LogP) is 3.18. The van der Waals surface area contributed by atoms with Crippen LogP contribution in [0.4, 0.5) is 0 Å². The zero-order valence-corrected chi connectivity index (χ0v) is 12.6. The van der Waals surface area contributed by atoms with E-state index >= 15 is 0 Å². The summed E-state index contributed by atoms with van der Waals surface area (Å²) in [5.41, 5.74) is 1.43. The Bertz CT molecular complexity index is 548. The standard InChI is InChI=1S/C16H21NO2S/c1-2-17-13(10-16-18-7-8-19-16)9-12-11-20-15-6-4-3-5-14(12)15/h3-6,11,13,16-17H,2,7-10H2,1H3. The molecule has 0 spiro atoms. The predicted molar refractivity (Wildman–Crippen MR) is 83.3 cm³/mol. The van der Waals surface area contributed by atoms with Crippen LogP contribution in [0.3, 0.4) is 0 Å². The minimum atomic E-state index is -0.0380. The van der Waals surface area contributed by atoms with Gasteiger partial charge in [0.25, 0.3) is 0 Å². The van der Waals surface area contributed by atoms with Crippen LogP contribution in [0.2, 0.25) is 0 Å². The van der Waals surface area contributed by atoms with Gasteiger partial charge < -0.3 is 14.8 Å². The number of benzene rings is 1. The zero-order valence-electron chi connectivity index (χ0n) is 11.8. The van der Waals surface area contributed by atoms with E-state index < -0.39 is 0 Å². The molecule has 2 heterocycles. The number of likely N-dealkylation sites (N-methyl/N-ethyl adjacent to an activating group) is 1. The fraction of sp³-hybridized carbons (Fsp3) is 0.500. The van der Waals surface area contributed by atoms with Crippen LogP contribution in [0.15, 0.2) is 29.6 Å². The summed E-state index contributed by atoms with van der Waals surface area (Å²) in [6.45, 7) is 4.57. The molecule has 1 aliphatic heterocycles. The maximum atomic E-state index is 5.58. The summed E-state index contributed by atoms with van der Waals surface area (Å²) in [6, 6.07) is 9.03. The van der Waals surface area contributed by atoms with E-state index in [0.717, 1.165) is 32.6 Å². The lowest BCUT2D eigenvalue weighted by atomic mass is 10.0. The van der Waals surface area contributed by atoms with E-state index in [2.05, 4.69) is 41.9 Å². The Labute approximate surface area is 123 Å². The molecule has 1 N–H and O–H groups in total.